The Bertz CT molecular complexity index is 1270. The highest BCUT2D eigenvalue weighted by molar-refractivity contribution is 5.38. The van der Waals surface area contributed by atoms with Crippen LogP contribution in [-0.4, -0.2) is 22.4 Å². The minimum absolute atomic E-state index is 0.00528. The van der Waals surface area contributed by atoms with Gasteiger partial charge in [-0.25, -0.2) is 0 Å². The molecule has 0 aromatic heterocycles. The lowest BCUT2D eigenvalue weighted by Gasteiger charge is -2.38. The maximum absolute atomic E-state index is 10.1. The summed E-state index contributed by atoms with van der Waals surface area (Å²) >= 11 is 0. The van der Waals surface area contributed by atoms with Crippen LogP contribution in [0.1, 0.15) is 88.5 Å². The monoisotopic (exact) mass is 568 g/mol. The van der Waals surface area contributed by atoms with Crippen molar-refractivity contribution in [3.05, 3.63) is 130 Å². The number of rotatable bonds is 10. The molecular weight excluding hydrogens is 512 g/mol. The molecule has 2 heteroatoms. The molecule has 228 valence electrons. The second kappa shape index (κ2) is 16.1. The first-order valence-electron chi connectivity index (χ1n) is 15.4. The average molecular weight is 569 g/mol. The Morgan fingerprint density at radius 1 is 0.714 bits per heavy atom. The van der Waals surface area contributed by atoms with Crippen molar-refractivity contribution in [3.63, 3.8) is 0 Å². The summed E-state index contributed by atoms with van der Waals surface area (Å²) in [6.45, 7) is 21.6. The quantitative estimate of drug-likeness (QED) is 0.203. The minimum Gasteiger partial charge on any atom is -0.393 e. The van der Waals surface area contributed by atoms with Gasteiger partial charge in [-0.2, -0.15) is 0 Å². The first kappa shape index (κ1) is 35.3. The number of hydrogen-bond acceptors (Lipinski definition) is 2. The molecule has 0 bridgehead atoms. The Morgan fingerprint density at radius 3 is 1.74 bits per heavy atom. The summed E-state index contributed by atoms with van der Waals surface area (Å²) in [5.41, 5.74) is 8.73. The molecule has 0 fully saturated rings. The van der Waals surface area contributed by atoms with Crippen LogP contribution < -0.4 is 0 Å². The normalized spacial score (nSPS) is 26.6. The van der Waals surface area contributed by atoms with Gasteiger partial charge in [-0.15, -0.1) is 0 Å². The van der Waals surface area contributed by atoms with Gasteiger partial charge >= 0.3 is 0 Å². The van der Waals surface area contributed by atoms with Crippen LogP contribution in [0.4, 0.5) is 0 Å². The van der Waals surface area contributed by atoms with E-state index in [0.29, 0.717) is 5.92 Å². The van der Waals surface area contributed by atoms with Gasteiger partial charge in [-0.3, -0.25) is 0 Å². The molecule has 2 nitrogen and oxygen atoms in total. The number of allylic oxidation sites excluding steroid dienone is 20. The number of hydrogen-bond donors (Lipinski definition) is 2. The summed E-state index contributed by atoms with van der Waals surface area (Å²) in [6, 6.07) is 0. The molecule has 2 aliphatic carbocycles. The first-order valence-corrected chi connectivity index (χ1v) is 15.4. The summed E-state index contributed by atoms with van der Waals surface area (Å²) in [4.78, 5) is 0. The largest absolute Gasteiger partial charge is 0.393 e. The lowest BCUT2D eigenvalue weighted by Crippen LogP contribution is -2.32. The third-order valence-electron chi connectivity index (χ3n) is 8.33. The lowest BCUT2D eigenvalue weighted by atomic mass is 9.67. The van der Waals surface area contributed by atoms with E-state index in [9.17, 15) is 10.2 Å². The van der Waals surface area contributed by atoms with Gasteiger partial charge in [0, 0.05) is 5.92 Å². The fourth-order valence-corrected chi connectivity index (χ4v) is 6.14. The smallest absolute Gasteiger partial charge is 0.0729 e. The van der Waals surface area contributed by atoms with Gasteiger partial charge in [0.2, 0.25) is 0 Å². The molecule has 0 spiro atoms. The van der Waals surface area contributed by atoms with Gasteiger partial charge in [-0.1, -0.05) is 152 Å². The predicted molar refractivity (Wildman–Crippen MR) is 184 cm³/mol. The fourth-order valence-electron chi connectivity index (χ4n) is 6.14. The lowest BCUT2D eigenvalue weighted by molar-refractivity contribution is 0.116. The molecule has 0 radical (unpaired) electrons. The van der Waals surface area contributed by atoms with Crippen molar-refractivity contribution in [1.82, 2.24) is 0 Å². The number of aliphatic hydroxyl groups is 2. The zero-order chi connectivity index (χ0) is 31.5. The molecule has 0 saturated carbocycles. The predicted octanol–water partition coefficient (Wildman–Crippen LogP) is 10.4. The van der Waals surface area contributed by atoms with Crippen molar-refractivity contribution in [2.75, 3.05) is 0 Å². The van der Waals surface area contributed by atoms with E-state index in [0.717, 1.165) is 19.3 Å². The molecule has 0 amide bonds. The van der Waals surface area contributed by atoms with Gasteiger partial charge in [0.05, 0.1) is 12.2 Å². The van der Waals surface area contributed by atoms with Crippen LogP contribution in [-0.2, 0) is 0 Å². The van der Waals surface area contributed by atoms with Crippen LogP contribution in [0, 0.1) is 16.7 Å². The molecule has 0 saturated heterocycles. The summed E-state index contributed by atoms with van der Waals surface area (Å²) in [7, 11) is 0. The van der Waals surface area contributed by atoms with Crippen LogP contribution in [0.5, 0.6) is 0 Å². The Labute approximate surface area is 257 Å². The van der Waals surface area contributed by atoms with E-state index in [1.54, 1.807) is 0 Å². The van der Waals surface area contributed by atoms with E-state index in [4.69, 9.17) is 0 Å². The van der Waals surface area contributed by atoms with Gasteiger partial charge in [0.15, 0.2) is 0 Å². The number of aliphatic hydroxyl groups excluding tert-OH is 2. The maximum atomic E-state index is 10.1. The highest BCUT2D eigenvalue weighted by Crippen LogP contribution is 2.42. The molecule has 2 aliphatic rings. The van der Waals surface area contributed by atoms with E-state index in [-0.39, 0.29) is 23.0 Å². The van der Waals surface area contributed by atoms with Crippen molar-refractivity contribution < 1.29 is 10.2 Å². The minimum atomic E-state index is -0.331. The van der Waals surface area contributed by atoms with Crippen molar-refractivity contribution in [2.45, 2.75) is 101 Å². The van der Waals surface area contributed by atoms with E-state index in [1.165, 1.54) is 39.0 Å². The Morgan fingerprint density at radius 2 is 1.21 bits per heavy atom. The van der Waals surface area contributed by atoms with Crippen LogP contribution in [0.15, 0.2) is 130 Å². The molecule has 0 aromatic carbocycles. The average Bonchev–Trinajstić information content (AvgIpc) is 2.84. The molecule has 0 unspecified atom stereocenters. The molecule has 2 N–H and O–H groups in total. The van der Waals surface area contributed by atoms with Crippen molar-refractivity contribution in [1.29, 1.82) is 0 Å². The van der Waals surface area contributed by atoms with Crippen molar-refractivity contribution >= 4 is 0 Å². The topological polar surface area (TPSA) is 40.5 Å². The van der Waals surface area contributed by atoms with Gasteiger partial charge in [0.25, 0.3) is 0 Å². The van der Waals surface area contributed by atoms with E-state index >= 15 is 0 Å². The second-order valence-electron chi connectivity index (χ2n) is 13.7. The van der Waals surface area contributed by atoms with Crippen LogP contribution >= 0.6 is 0 Å². The first-order chi connectivity index (χ1) is 19.6. The highest BCUT2D eigenvalue weighted by Gasteiger charge is 2.34. The molecule has 0 heterocycles. The van der Waals surface area contributed by atoms with E-state index < -0.39 is 0 Å². The SMILES string of the molecule is CC1=C[C@H](O)CC(C)(C)[C@H]1\C=C/C(C)=C/C=C/C(C)=C/C=C/C=C(C)\C=C\C=C(C)\C=C/C1=C(C)C[C@H](O)CC1(C)C. The summed E-state index contributed by atoms with van der Waals surface area (Å²) in [5, 5.41) is 20.2. The van der Waals surface area contributed by atoms with Gasteiger partial charge in [0.1, 0.15) is 0 Å². The van der Waals surface area contributed by atoms with E-state index in [2.05, 4.69) is 154 Å². The fraction of sp³-hybridized carbons (Fsp3) is 0.450. The third kappa shape index (κ3) is 11.7. The molecular formula is C40H56O2. The Kier molecular flexibility index (Phi) is 13.5. The summed E-state index contributed by atoms with van der Waals surface area (Å²) in [5.74, 6) is 0.348. The Balaban J connectivity index is 1.90. The zero-order valence-electron chi connectivity index (χ0n) is 27.9. The van der Waals surface area contributed by atoms with Gasteiger partial charge in [-0.05, 0) is 77.2 Å². The molecule has 0 aromatic rings. The summed E-state index contributed by atoms with van der Waals surface area (Å²) < 4.78 is 0. The van der Waals surface area contributed by atoms with Crippen LogP contribution in [0.2, 0.25) is 0 Å². The molecule has 2 rings (SSSR count). The highest BCUT2D eigenvalue weighted by atomic mass is 16.3. The van der Waals surface area contributed by atoms with E-state index in [1.807, 2.05) is 6.08 Å². The van der Waals surface area contributed by atoms with Crippen LogP contribution in [0.3, 0.4) is 0 Å². The molecule has 3 atom stereocenters. The molecule has 0 aliphatic heterocycles. The Hall–Kier alpha value is -2.94. The maximum Gasteiger partial charge on any atom is 0.0729 e. The van der Waals surface area contributed by atoms with Crippen molar-refractivity contribution in [3.8, 4) is 0 Å². The van der Waals surface area contributed by atoms with Gasteiger partial charge < -0.3 is 10.2 Å². The zero-order valence-corrected chi connectivity index (χ0v) is 27.9. The molecule has 42 heavy (non-hydrogen) atoms. The summed E-state index contributed by atoms with van der Waals surface area (Å²) in [6.07, 6.45) is 33.8. The third-order valence-corrected chi connectivity index (χ3v) is 8.33. The van der Waals surface area contributed by atoms with Crippen LogP contribution in [0.25, 0.3) is 0 Å². The second-order valence-corrected chi connectivity index (χ2v) is 13.7. The van der Waals surface area contributed by atoms with Crippen molar-refractivity contribution in [2.24, 2.45) is 16.7 Å². The standard InChI is InChI=1S/C40H56O2/c1-29(17-13-19-31(3)21-23-37-33(5)25-35(41)27-39(37,7)8)15-11-12-16-30(2)18-14-20-32(4)22-24-38-34(6)26-36(42)28-40(38,9)10/h11-25,35-37,41-42H,26-28H2,1-10H3/b12-11+,17-13+,18-14+,23-21-,24-22-,29-15+,30-16-,31-19+,32-20+/t35-,36-,37-/m0/s1.